The van der Waals surface area contributed by atoms with Gasteiger partial charge in [-0.2, -0.15) is 0 Å². The Bertz CT molecular complexity index is 1390. The summed E-state index contributed by atoms with van der Waals surface area (Å²) in [5.41, 5.74) is 3.17. The van der Waals surface area contributed by atoms with E-state index in [9.17, 15) is 14.0 Å². The van der Waals surface area contributed by atoms with Gasteiger partial charge in [-0.05, 0) is 90.6 Å². The normalized spacial score (nSPS) is 24.6. The molecule has 40 heavy (non-hydrogen) atoms. The minimum Gasteiger partial charge on any atom is -0.335 e. The van der Waals surface area contributed by atoms with Crippen molar-refractivity contribution in [1.82, 2.24) is 15.1 Å². The molecule has 0 spiro atoms. The van der Waals surface area contributed by atoms with E-state index in [4.69, 9.17) is 0 Å². The van der Waals surface area contributed by atoms with E-state index < -0.39 is 6.04 Å². The molecule has 0 saturated carbocycles. The molecule has 3 amide bonds. The van der Waals surface area contributed by atoms with E-state index in [0.29, 0.717) is 31.0 Å². The molecule has 3 fully saturated rings. The first-order valence-corrected chi connectivity index (χ1v) is 14.8. The van der Waals surface area contributed by atoms with Crippen LogP contribution in [0.1, 0.15) is 69.4 Å². The van der Waals surface area contributed by atoms with Gasteiger partial charge in [-0.25, -0.2) is 9.18 Å². The highest BCUT2D eigenvalue weighted by Gasteiger charge is 2.42. The van der Waals surface area contributed by atoms with E-state index in [1.807, 2.05) is 36.4 Å². The second kappa shape index (κ2) is 11.2. The number of anilines is 1. The van der Waals surface area contributed by atoms with Gasteiger partial charge in [0.1, 0.15) is 11.9 Å². The molecular formula is C33H39FN4O2. The molecule has 3 aliphatic rings. The van der Waals surface area contributed by atoms with Gasteiger partial charge in [0.2, 0.25) is 5.91 Å². The van der Waals surface area contributed by atoms with Crippen molar-refractivity contribution in [2.45, 2.75) is 89.0 Å². The van der Waals surface area contributed by atoms with E-state index in [1.165, 1.54) is 11.6 Å². The summed E-state index contributed by atoms with van der Waals surface area (Å²) in [6, 6.07) is 19.5. The SMILES string of the molecule is CC(C)c1ccccc1NC(=O)[C@@H]1CCCN1C(=O)NC1C[C@H]2CC[C@H](C1)N2Cc1ccc2cc(F)ccc2c1. The summed E-state index contributed by atoms with van der Waals surface area (Å²) in [6.07, 6.45) is 5.64. The predicted molar refractivity (Wildman–Crippen MR) is 157 cm³/mol. The van der Waals surface area contributed by atoms with E-state index in [-0.39, 0.29) is 23.8 Å². The molecule has 3 atom stereocenters. The fraction of sp³-hybridized carbons (Fsp3) is 0.455. The van der Waals surface area contributed by atoms with Gasteiger partial charge in [-0.1, -0.05) is 50.2 Å². The number of halogens is 1. The van der Waals surface area contributed by atoms with Crippen molar-refractivity contribution in [3.63, 3.8) is 0 Å². The van der Waals surface area contributed by atoms with Gasteiger partial charge in [-0.15, -0.1) is 0 Å². The maximum atomic E-state index is 13.6. The molecule has 2 N–H and O–H groups in total. The Hall–Kier alpha value is -3.45. The van der Waals surface area contributed by atoms with Crippen LogP contribution in [-0.2, 0) is 11.3 Å². The number of carbonyl (C=O) groups excluding carboxylic acids is 2. The predicted octanol–water partition coefficient (Wildman–Crippen LogP) is 6.41. The molecule has 0 unspecified atom stereocenters. The third-order valence-electron chi connectivity index (χ3n) is 9.10. The molecule has 3 heterocycles. The Labute approximate surface area is 235 Å². The third-order valence-corrected chi connectivity index (χ3v) is 9.10. The maximum Gasteiger partial charge on any atom is 0.318 e. The molecule has 3 aliphatic heterocycles. The van der Waals surface area contributed by atoms with Crippen LogP contribution in [0.15, 0.2) is 60.7 Å². The Morgan fingerprint density at radius 3 is 2.45 bits per heavy atom. The summed E-state index contributed by atoms with van der Waals surface area (Å²) in [4.78, 5) is 31.0. The average Bonchev–Trinajstić information content (AvgIpc) is 3.51. The first-order chi connectivity index (χ1) is 19.4. The summed E-state index contributed by atoms with van der Waals surface area (Å²) in [7, 11) is 0. The Balaban J connectivity index is 1.06. The number of rotatable bonds is 6. The van der Waals surface area contributed by atoms with Crippen molar-refractivity contribution in [1.29, 1.82) is 0 Å². The van der Waals surface area contributed by atoms with Gasteiger partial charge in [-0.3, -0.25) is 9.69 Å². The van der Waals surface area contributed by atoms with E-state index in [2.05, 4.69) is 41.5 Å². The number of amides is 3. The van der Waals surface area contributed by atoms with Crippen LogP contribution in [0.3, 0.4) is 0 Å². The third kappa shape index (κ3) is 5.44. The van der Waals surface area contributed by atoms with Crippen LogP contribution in [0, 0.1) is 5.82 Å². The minimum atomic E-state index is -0.446. The van der Waals surface area contributed by atoms with Crippen molar-refractivity contribution >= 4 is 28.4 Å². The Kier molecular flexibility index (Phi) is 7.49. The van der Waals surface area contributed by atoms with E-state index in [1.54, 1.807) is 11.0 Å². The molecule has 3 saturated heterocycles. The number of carbonyl (C=O) groups is 2. The molecule has 0 aliphatic carbocycles. The topological polar surface area (TPSA) is 64.7 Å². The van der Waals surface area contributed by atoms with Gasteiger partial charge >= 0.3 is 6.03 Å². The number of likely N-dealkylation sites (tertiary alicyclic amines) is 1. The summed E-state index contributed by atoms with van der Waals surface area (Å²) in [5.74, 6) is -0.0139. The lowest BCUT2D eigenvalue weighted by Gasteiger charge is -2.40. The monoisotopic (exact) mass is 542 g/mol. The number of nitrogens with zero attached hydrogens (tertiary/aromatic N) is 2. The first-order valence-electron chi connectivity index (χ1n) is 14.8. The highest BCUT2D eigenvalue weighted by Crippen LogP contribution is 2.37. The zero-order valence-corrected chi connectivity index (χ0v) is 23.4. The summed E-state index contributed by atoms with van der Waals surface area (Å²) < 4.78 is 13.6. The second-order valence-corrected chi connectivity index (χ2v) is 12.1. The lowest BCUT2D eigenvalue weighted by molar-refractivity contribution is -0.119. The fourth-order valence-corrected chi connectivity index (χ4v) is 7.10. The molecule has 6 nitrogen and oxygen atoms in total. The van der Waals surface area contributed by atoms with Crippen LogP contribution in [0.25, 0.3) is 10.8 Å². The lowest BCUT2D eigenvalue weighted by atomic mass is 9.96. The van der Waals surface area contributed by atoms with Gasteiger partial charge < -0.3 is 15.5 Å². The van der Waals surface area contributed by atoms with Gasteiger partial charge in [0.15, 0.2) is 0 Å². The van der Waals surface area contributed by atoms with Crippen molar-refractivity contribution in [2.24, 2.45) is 0 Å². The van der Waals surface area contributed by atoms with Crippen LogP contribution < -0.4 is 10.6 Å². The first kappa shape index (κ1) is 26.8. The number of fused-ring (bicyclic) bond motifs is 3. The maximum absolute atomic E-state index is 13.6. The Morgan fingerprint density at radius 1 is 0.950 bits per heavy atom. The second-order valence-electron chi connectivity index (χ2n) is 12.1. The number of benzene rings is 3. The van der Waals surface area contributed by atoms with Crippen molar-refractivity contribution in [3.8, 4) is 0 Å². The minimum absolute atomic E-state index is 0.103. The molecule has 0 radical (unpaired) electrons. The molecule has 210 valence electrons. The Morgan fingerprint density at radius 2 is 1.68 bits per heavy atom. The zero-order valence-electron chi connectivity index (χ0n) is 23.4. The number of urea groups is 1. The number of hydrogen-bond donors (Lipinski definition) is 2. The highest BCUT2D eigenvalue weighted by molar-refractivity contribution is 5.98. The quantitative estimate of drug-likeness (QED) is 0.378. The van der Waals surface area contributed by atoms with Crippen LogP contribution in [-0.4, -0.2) is 52.5 Å². The molecular weight excluding hydrogens is 503 g/mol. The average molecular weight is 543 g/mol. The van der Waals surface area contributed by atoms with Crippen LogP contribution in [0.5, 0.6) is 0 Å². The van der Waals surface area contributed by atoms with Crippen molar-refractivity contribution in [3.05, 3.63) is 77.6 Å². The van der Waals surface area contributed by atoms with Crippen LogP contribution in [0.2, 0.25) is 0 Å². The number of piperidine rings is 1. The van der Waals surface area contributed by atoms with Crippen molar-refractivity contribution in [2.75, 3.05) is 11.9 Å². The lowest BCUT2D eigenvalue weighted by Crippen LogP contribution is -2.54. The number of hydrogen-bond acceptors (Lipinski definition) is 3. The van der Waals surface area contributed by atoms with Gasteiger partial charge in [0, 0.05) is 36.9 Å². The summed E-state index contributed by atoms with van der Waals surface area (Å²) in [5, 5.41) is 8.38. The van der Waals surface area contributed by atoms with E-state index in [0.717, 1.165) is 60.7 Å². The largest absolute Gasteiger partial charge is 0.335 e. The molecule has 7 heteroatoms. The van der Waals surface area contributed by atoms with Crippen LogP contribution in [0.4, 0.5) is 14.9 Å². The van der Waals surface area contributed by atoms with E-state index >= 15 is 0 Å². The molecule has 0 aromatic heterocycles. The number of para-hydroxylation sites is 1. The van der Waals surface area contributed by atoms with Crippen molar-refractivity contribution < 1.29 is 14.0 Å². The summed E-state index contributed by atoms with van der Waals surface area (Å²) in [6.45, 7) is 5.70. The standard InChI is InChI=1S/C33H39FN4O2/c1-21(2)29-6-3-4-7-30(29)36-32(39)31-8-5-15-37(31)33(40)35-26-18-27-13-14-28(19-26)38(27)20-22-9-10-24-17-25(34)12-11-23(24)16-22/h3-4,6-7,9-12,16-17,21,26-28,31H,5,8,13-15,18-20H2,1-2H3,(H,35,40)(H,36,39)/t27-,28-,31+/m1/s1. The molecule has 3 aromatic carbocycles. The highest BCUT2D eigenvalue weighted by atomic mass is 19.1. The molecule has 6 rings (SSSR count). The smallest absolute Gasteiger partial charge is 0.318 e. The fourth-order valence-electron chi connectivity index (χ4n) is 7.10. The molecule has 2 bridgehead atoms. The van der Waals surface area contributed by atoms with Gasteiger partial charge in [0.05, 0.1) is 0 Å². The van der Waals surface area contributed by atoms with Gasteiger partial charge in [0.25, 0.3) is 0 Å². The van der Waals surface area contributed by atoms with Crippen LogP contribution >= 0.6 is 0 Å². The summed E-state index contributed by atoms with van der Waals surface area (Å²) >= 11 is 0. The molecule has 3 aromatic rings. The number of nitrogens with one attached hydrogen (secondary N) is 2. The zero-order chi connectivity index (χ0) is 27.8.